The fourth-order valence-electron chi connectivity index (χ4n) is 2.52. The molecule has 20 heavy (non-hydrogen) atoms. The average molecular weight is 291 g/mol. The second-order valence-corrected chi connectivity index (χ2v) is 6.76. The van der Waals surface area contributed by atoms with Crippen molar-refractivity contribution in [1.82, 2.24) is 4.89 Å². The van der Waals surface area contributed by atoms with Crippen LogP contribution in [0.5, 0.6) is 0 Å². The van der Waals surface area contributed by atoms with Gasteiger partial charge in [-0.05, 0) is 35.7 Å². The van der Waals surface area contributed by atoms with Crippen molar-refractivity contribution in [1.29, 1.82) is 0 Å². The highest BCUT2D eigenvalue weighted by Crippen LogP contribution is 2.22. The highest BCUT2D eigenvalue weighted by molar-refractivity contribution is 7.89. The Labute approximate surface area is 118 Å². The Morgan fingerprint density at radius 2 is 1.70 bits per heavy atom. The summed E-state index contributed by atoms with van der Waals surface area (Å²) in [5.41, 5.74) is 0. The van der Waals surface area contributed by atoms with Crippen LogP contribution in [0, 0.1) is 0 Å². The van der Waals surface area contributed by atoms with Crippen molar-refractivity contribution in [2.24, 2.45) is 0 Å². The third-order valence-corrected chi connectivity index (χ3v) is 4.85. The summed E-state index contributed by atoms with van der Waals surface area (Å²) in [5.74, 6) is 0. The summed E-state index contributed by atoms with van der Waals surface area (Å²) in [5, 5.41) is 1.92. The quantitative estimate of drug-likeness (QED) is 0.881. The SMILES string of the molecule is O=S(=O)(NOC1CCCC1)c1ccc2ccccc2c1. The third-order valence-electron chi connectivity index (χ3n) is 3.66. The topological polar surface area (TPSA) is 55.4 Å². The summed E-state index contributed by atoms with van der Waals surface area (Å²) in [4.78, 5) is 7.78. The van der Waals surface area contributed by atoms with Crippen molar-refractivity contribution in [3.05, 3.63) is 42.5 Å². The number of fused-ring (bicyclic) bond motifs is 1. The van der Waals surface area contributed by atoms with Crippen LogP contribution in [0.15, 0.2) is 47.4 Å². The number of rotatable bonds is 4. The van der Waals surface area contributed by atoms with Crippen molar-refractivity contribution in [3.8, 4) is 0 Å². The van der Waals surface area contributed by atoms with Gasteiger partial charge in [-0.25, -0.2) is 8.42 Å². The molecule has 1 fully saturated rings. The van der Waals surface area contributed by atoms with Crippen LogP contribution in [0.2, 0.25) is 0 Å². The maximum absolute atomic E-state index is 12.2. The van der Waals surface area contributed by atoms with Crippen LogP contribution in [0.3, 0.4) is 0 Å². The predicted molar refractivity (Wildman–Crippen MR) is 77.6 cm³/mol. The number of hydrogen-bond donors (Lipinski definition) is 1. The van der Waals surface area contributed by atoms with E-state index in [1.54, 1.807) is 18.2 Å². The smallest absolute Gasteiger partial charge is 0.262 e. The monoisotopic (exact) mass is 291 g/mol. The summed E-state index contributed by atoms with van der Waals surface area (Å²) in [6, 6.07) is 12.7. The second kappa shape index (κ2) is 5.52. The molecule has 1 N–H and O–H groups in total. The van der Waals surface area contributed by atoms with Crippen LogP contribution >= 0.6 is 0 Å². The lowest BCUT2D eigenvalue weighted by Crippen LogP contribution is -2.28. The van der Waals surface area contributed by atoms with Gasteiger partial charge in [0.25, 0.3) is 10.0 Å². The zero-order chi connectivity index (χ0) is 14.0. The highest BCUT2D eigenvalue weighted by Gasteiger charge is 2.20. The molecule has 0 unspecified atom stereocenters. The van der Waals surface area contributed by atoms with Crippen molar-refractivity contribution >= 4 is 20.8 Å². The van der Waals surface area contributed by atoms with Crippen LogP contribution in [-0.2, 0) is 14.9 Å². The highest BCUT2D eigenvalue weighted by atomic mass is 32.2. The van der Waals surface area contributed by atoms with Crippen molar-refractivity contribution in [2.45, 2.75) is 36.7 Å². The molecule has 1 saturated carbocycles. The predicted octanol–water partition coefficient (Wildman–Crippen LogP) is 2.99. The van der Waals surface area contributed by atoms with Crippen LogP contribution < -0.4 is 4.89 Å². The first kappa shape index (κ1) is 13.5. The molecule has 0 atom stereocenters. The Bertz CT molecular complexity index is 706. The first-order valence-electron chi connectivity index (χ1n) is 6.81. The Kier molecular flexibility index (Phi) is 3.74. The molecule has 0 radical (unpaired) electrons. The van der Waals surface area contributed by atoms with E-state index in [0.29, 0.717) is 0 Å². The van der Waals surface area contributed by atoms with Gasteiger partial charge in [-0.1, -0.05) is 48.1 Å². The number of benzene rings is 2. The largest absolute Gasteiger partial charge is 0.284 e. The minimum absolute atomic E-state index is 0.00484. The van der Waals surface area contributed by atoms with E-state index in [1.165, 1.54) is 0 Å². The van der Waals surface area contributed by atoms with Gasteiger partial charge >= 0.3 is 0 Å². The lowest BCUT2D eigenvalue weighted by molar-refractivity contribution is 0.0223. The van der Waals surface area contributed by atoms with Crippen LogP contribution in [0.4, 0.5) is 0 Å². The molecule has 1 aliphatic rings. The third kappa shape index (κ3) is 2.85. The number of nitrogens with one attached hydrogen (secondary N) is 1. The average Bonchev–Trinajstić information content (AvgIpc) is 2.98. The van der Waals surface area contributed by atoms with Crippen molar-refractivity contribution in [3.63, 3.8) is 0 Å². The van der Waals surface area contributed by atoms with Crippen LogP contribution in [0.1, 0.15) is 25.7 Å². The molecule has 1 aliphatic carbocycles. The molecule has 0 aromatic heterocycles. The minimum Gasteiger partial charge on any atom is -0.284 e. The van der Waals surface area contributed by atoms with E-state index in [2.05, 4.69) is 4.89 Å². The van der Waals surface area contributed by atoms with Crippen LogP contribution in [0.25, 0.3) is 10.8 Å². The summed E-state index contributed by atoms with van der Waals surface area (Å²) >= 11 is 0. The molecule has 0 saturated heterocycles. The molecular formula is C15H17NO3S. The fraction of sp³-hybridized carbons (Fsp3) is 0.333. The van der Waals surface area contributed by atoms with Crippen LogP contribution in [-0.4, -0.2) is 14.5 Å². The van der Waals surface area contributed by atoms with Gasteiger partial charge in [-0.2, -0.15) is 0 Å². The first-order valence-corrected chi connectivity index (χ1v) is 8.30. The lowest BCUT2D eigenvalue weighted by Gasteiger charge is -2.12. The lowest BCUT2D eigenvalue weighted by atomic mass is 10.1. The number of sulfonamides is 1. The molecule has 0 bridgehead atoms. The Balaban J connectivity index is 1.80. The molecule has 0 heterocycles. The van der Waals surface area contributed by atoms with E-state index in [1.807, 2.05) is 24.3 Å². The molecule has 2 aromatic carbocycles. The van der Waals surface area contributed by atoms with Gasteiger partial charge in [-0.15, -0.1) is 0 Å². The van der Waals surface area contributed by atoms with Gasteiger partial charge in [0.2, 0.25) is 0 Å². The summed E-state index contributed by atoms with van der Waals surface area (Å²) in [7, 11) is -3.61. The van der Waals surface area contributed by atoms with Gasteiger partial charge in [0.15, 0.2) is 0 Å². The second-order valence-electron chi connectivity index (χ2n) is 5.12. The van der Waals surface area contributed by atoms with Gasteiger partial charge < -0.3 is 0 Å². The summed E-state index contributed by atoms with van der Waals surface area (Å²) < 4.78 is 24.4. The van der Waals surface area contributed by atoms with Gasteiger partial charge in [0.05, 0.1) is 11.0 Å². The molecular weight excluding hydrogens is 274 g/mol. The molecule has 0 amide bonds. The van der Waals surface area contributed by atoms with Crippen molar-refractivity contribution in [2.75, 3.05) is 0 Å². The van der Waals surface area contributed by atoms with E-state index in [-0.39, 0.29) is 11.0 Å². The van der Waals surface area contributed by atoms with E-state index >= 15 is 0 Å². The van der Waals surface area contributed by atoms with E-state index in [4.69, 9.17) is 4.84 Å². The molecule has 5 heteroatoms. The zero-order valence-corrected chi connectivity index (χ0v) is 11.9. The standard InChI is InChI=1S/C15H17NO3S/c17-20(18,16-19-14-7-3-4-8-14)15-10-9-12-5-1-2-6-13(12)11-15/h1-2,5-6,9-11,14,16H,3-4,7-8H2. The molecule has 0 spiro atoms. The molecule has 0 aliphatic heterocycles. The van der Waals surface area contributed by atoms with E-state index in [0.717, 1.165) is 36.5 Å². The van der Waals surface area contributed by atoms with E-state index in [9.17, 15) is 8.42 Å². The molecule has 4 nitrogen and oxygen atoms in total. The minimum atomic E-state index is -3.61. The Morgan fingerprint density at radius 3 is 2.45 bits per heavy atom. The zero-order valence-electron chi connectivity index (χ0n) is 11.1. The Morgan fingerprint density at radius 1 is 1.00 bits per heavy atom. The molecule has 3 rings (SSSR count). The first-order chi connectivity index (χ1) is 9.65. The van der Waals surface area contributed by atoms with Crippen molar-refractivity contribution < 1.29 is 13.3 Å². The normalized spacial score (nSPS) is 16.8. The van der Waals surface area contributed by atoms with Gasteiger partial charge in [-0.3, -0.25) is 4.84 Å². The van der Waals surface area contributed by atoms with Gasteiger partial charge in [0, 0.05) is 0 Å². The Hall–Kier alpha value is -1.43. The maximum Gasteiger partial charge on any atom is 0.262 e. The number of hydrogen-bond acceptors (Lipinski definition) is 3. The molecule has 2 aromatic rings. The summed E-state index contributed by atoms with van der Waals surface area (Å²) in [6.07, 6.45) is 4.04. The van der Waals surface area contributed by atoms with Gasteiger partial charge in [0.1, 0.15) is 0 Å². The van der Waals surface area contributed by atoms with E-state index < -0.39 is 10.0 Å². The molecule has 106 valence electrons. The summed E-state index contributed by atoms with van der Waals surface area (Å²) in [6.45, 7) is 0. The fourth-order valence-corrected chi connectivity index (χ4v) is 3.41. The maximum atomic E-state index is 12.2.